The van der Waals surface area contributed by atoms with Gasteiger partial charge in [-0.1, -0.05) is 61.5 Å². The molecular formula is C62H72N2O17S2. The van der Waals surface area contributed by atoms with E-state index in [0.29, 0.717) is 81.9 Å². The second kappa shape index (κ2) is 30.5. The van der Waals surface area contributed by atoms with Crippen LogP contribution in [0, 0.1) is 35.5 Å². The summed E-state index contributed by atoms with van der Waals surface area (Å²) in [5, 5.41) is 5.64. The van der Waals surface area contributed by atoms with E-state index in [1.54, 1.807) is 42.5 Å². The molecule has 0 atom stereocenters. The number of esters is 8. The number of thioether (sulfide) groups is 2. The maximum atomic E-state index is 14.5. The van der Waals surface area contributed by atoms with Gasteiger partial charge in [-0.15, -0.1) is 0 Å². The zero-order valence-corrected chi connectivity index (χ0v) is 48.3. The quantitative estimate of drug-likeness (QED) is 0.0312. The van der Waals surface area contributed by atoms with E-state index >= 15 is 0 Å². The highest BCUT2D eigenvalue weighted by molar-refractivity contribution is 8.25. The molecule has 6 aliphatic rings. The number of ether oxygens (including phenoxy) is 8. The molecule has 8 rings (SSSR count). The Morgan fingerprint density at radius 2 is 0.916 bits per heavy atom. The molecule has 0 radical (unpaired) electrons. The second-order valence-corrected chi connectivity index (χ2v) is 23.9. The summed E-state index contributed by atoms with van der Waals surface area (Å²) in [6.07, 6.45) is 15.9. The normalized spacial score (nSPS) is 24.0. The van der Waals surface area contributed by atoms with Gasteiger partial charge in [0.05, 0.1) is 63.2 Å². The SMILES string of the molecule is C=CC(=O)OCCCCOC(=O)C1=NN(c2ccccc2)C(=O)C1=C1Sc2c(OC(=O)C3CCC(C4CCC(OC(=O)CCOC(=O)C=C)CC4)CC3)ccc(OC(=O)C3CCC(C4CCC(OC(=O)CCOC(=O)C=C)CC4)CC3)c2S1. The number of nitrogens with zero attached hydrogens (tertiary/aromatic N) is 2. The van der Waals surface area contributed by atoms with Gasteiger partial charge in [-0.25, -0.2) is 19.2 Å². The van der Waals surface area contributed by atoms with E-state index in [1.807, 2.05) is 0 Å². The number of anilines is 1. The number of hydrogen-bond donors (Lipinski definition) is 0. The molecule has 2 aromatic carbocycles. The lowest BCUT2D eigenvalue weighted by molar-refractivity contribution is -0.155. The van der Waals surface area contributed by atoms with Crippen LogP contribution in [0.5, 0.6) is 11.5 Å². The summed E-state index contributed by atoms with van der Waals surface area (Å²) in [7, 11) is 0. The topological polar surface area (TPSA) is 243 Å². The smallest absolute Gasteiger partial charge is 0.359 e. The fraction of sp³-hybridized carbons (Fsp3) is 0.516. The van der Waals surface area contributed by atoms with Crippen molar-refractivity contribution in [1.82, 2.24) is 0 Å². The van der Waals surface area contributed by atoms with Crippen molar-refractivity contribution in [3.05, 3.63) is 90.2 Å². The van der Waals surface area contributed by atoms with Crippen LogP contribution in [0.2, 0.25) is 0 Å². The average molecular weight is 1180 g/mol. The van der Waals surface area contributed by atoms with Crippen molar-refractivity contribution in [1.29, 1.82) is 0 Å². The van der Waals surface area contributed by atoms with E-state index in [1.165, 1.54) is 0 Å². The molecule has 2 aliphatic heterocycles. The molecule has 21 heteroatoms. The molecule has 83 heavy (non-hydrogen) atoms. The van der Waals surface area contributed by atoms with E-state index in [-0.39, 0.29) is 86.1 Å². The summed E-state index contributed by atoms with van der Waals surface area (Å²) in [6.45, 7) is 10.0. The number of hydrazone groups is 1. The molecule has 0 N–H and O–H groups in total. The average Bonchev–Trinajstić information content (AvgIpc) is 3.40. The van der Waals surface area contributed by atoms with Crippen molar-refractivity contribution in [2.24, 2.45) is 40.6 Å². The van der Waals surface area contributed by atoms with Crippen LogP contribution in [0.4, 0.5) is 5.69 Å². The Balaban J connectivity index is 0.927. The molecule has 4 fully saturated rings. The molecule has 0 bridgehead atoms. The van der Waals surface area contributed by atoms with Crippen molar-refractivity contribution >= 4 is 88.6 Å². The Morgan fingerprint density at radius 1 is 0.518 bits per heavy atom. The number of fused-ring (bicyclic) bond motifs is 1. The van der Waals surface area contributed by atoms with Crippen LogP contribution >= 0.6 is 23.5 Å². The number of rotatable bonds is 24. The first kappa shape index (κ1) is 62.1. The standard InChI is InChI=1S/C62H72N2O17S2/c1-4-49(65)74-34-10-11-35-77-61(73)55-54(58(70)64(63-55)44-12-8-7-9-13-44)62-82-56-47(80-59(71)42-18-14-38(15-19-42)40-22-26-45(27-23-40)78-52(68)32-36-75-50(66)5-2)30-31-48(57(56)83-62)81-60(72)43-20-16-39(17-21-43)41-24-28-46(29-25-41)79-53(69)33-37-76-51(67)6-3/h4-9,12-13,30-31,38-43,45-46H,1-3,10-11,14-29,32-37H2. The van der Waals surface area contributed by atoms with Gasteiger partial charge in [0, 0.05) is 18.2 Å². The highest BCUT2D eigenvalue weighted by atomic mass is 32.2. The summed E-state index contributed by atoms with van der Waals surface area (Å²) in [5.41, 5.74) is 0.142. The van der Waals surface area contributed by atoms with Crippen LogP contribution in [-0.4, -0.2) is 98.0 Å². The first-order valence-corrected chi connectivity index (χ1v) is 30.5. The highest BCUT2D eigenvalue weighted by Gasteiger charge is 2.43. The molecule has 19 nitrogen and oxygen atoms in total. The fourth-order valence-electron chi connectivity index (χ4n) is 11.8. The van der Waals surface area contributed by atoms with Crippen molar-refractivity contribution in [3.8, 4) is 11.5 Å². The van der Waals surface area contributed by atoms with Crippen LogP contribution in [0.3, 0.4) is 0 Å². The van der Waals surface area contributed by atoms with Crippen molar-refractivity contribution in [2.45, 2.75) is 150 Å². The Morgan fingerprint density at radius 3 is 1.34 bits per heavy atom. The Kier molecular flexibility index (Phi) is 22.8. The molecular weight excluding hydrogens is 1110 g/mol. The summed E-state index contributed by atoms with van der Waals surface area (Å²) >= 11 is 2.24. The lowest BCUT2D eigenvalue weighted by Gasteiger charge is -2.37. The fourth-order valence-corrected chi connectivity index (χ4v) is 14.5. The predicted octanol–water partition coefficient (Wildman–Crippen LogP) is 10.4. The maximum absolute atomic E-state index is 14.5. The number of hydrogen-bond acceptors (Lipinski definition) is 20. The van der Waals surface area contributed by atoms with Crippen molar-refractivity contribution in [2.75, 3.05) is 31.4 Å². The molecule has 0 spiro atoms. The number of amides is 1. The highest BCUT2D eigenvalue weighted by Crippen LogP contribution is 2.60. The van der Waals surface area contributed by atoms with Gasteiger partial charge < -0.3 is 37.9 Å². The zero-order chi connectivity index (χ0) is 58.8. The Bertz CT molecular complexity index is 2690. The monoisotopic (exact) mass is 1180 g/mol. The van der Waals surface area contributed by atoms with Crippen LogP contribution in [0.1, 0.15) is 128 Å². The number of unbranched alkanes of at least 4 members (excludes halogenated alkanes) is 1. The minimum atomic E-state index is -0.849. The third-order valence-electron chi connectivity index (χ3n) is 16.3. The number of benzene rings is 2. The Hall–Kier alpha value is -7.00. The molecule has 444 valence electrons. The van der Waals surface area contributed by atoms with Gasteiger partial charge >= 0.3 is 47.8 Å². The van der Waals surface area contributed by atoms with E-state index in [2.05, 4.69) is 24.8 Å². The van der Waals surface area contributed by atoms with E-state index < -0.39 is 53.7 Å². The first-order valence-electron chi connectivity index (χ1n) is 28.8. The van der Waals surface area contributed by atoms with E-state index in [4.69, 9.17) is 37.9 Å². The van der Waals surface area contributed by atoms with E-state index in [0.717, 1.165) is 124 Å². The van der Waals surface area contributed by atoms with Gasteiger partial charge in [-0.2, -0.15) is 10.1 Å². The summed E-state index contributed by atoms with van der Waals surface area (Å²) in [6, 6.07) is 11.9. The van der Waals surface area contributed by atoms with Crippen LogP contribution in [-0.2, 0) is 71.6 Å². The third-order valence-corrected chi connectivity index (χ3v) is 18.9. The zero-order valence-electron chi connectivity index (χ0n) is 46.6. The van der Waals surface area contributed by atoms with Crippen molar-refractivity contribution in [3.63, 3.8) is 0 Å². The second-order valence-electron chi connectivity index (χ2n) is 21.6. The molecule has 0 saturated heterocycles. The lowest BCUT2D eigenvalue weighted by atomic mass is 9.70. The van der Waals surface area contributed by atoms with Gasteiger partial charge in [0.25, 0.3) is 5.91 Å². The molecule has 4 saturated carbocycles. The number of carbonyl (C=O) groups excluding carboxylic acids is 9. The largest absolute Gasteiger partial charge is 0.463 e. The minimum Gasteiger partial charge on any atom is -0.463 e. The van der Waals surface area contributed by atoms with Gasteiger partial charge in [-0.3, -0.25) is 24.0 Å². The molecule has 0 unspecified atom stereocenters. The molecule has 2 heterocycles. The molecule has 4 aliphatic carbocycles. The summed E-state index contributed by atoms with van der Waals surface area (Å²) in [5.74, 6) is -3.44. The maximum Gasteiger partial charge on any atom is 0.359 e. The van der Waals surface area contributed by atoms with Gasteiger partial charge in [0.2, 0.25) is 0 Å². The number of para-hydroxylation sites is 1. The Labute approximate surface area is 491 Å². The minimum absolute atomic E-state index is 0.0190. The molecule has 1 amide bonds. The summed E-state index contributed by atoms with van der Waals surface area (Å²) < 4.78 is 44.7. The van der Waals surface area contributed by atoms with E-state index in [9.17, 15) is 43.2 Å². The third kappa shape index (κ3) is 17.1. The van der Waals surface area contributed by atoms with Crippen LogP contribution in [0.25, 0.3) is 0 Å². The summed E-state index contributed by atoms with van der Waals surface area (Å²) in [4.78, 5) is 117. The predicted molar refractivity (Wildman–Crippen MR) is 305 cm³/mol. The number of carbonyl (C=O) groups is 9. The molecule has 2 aromatic rings. The van der Waals surface area contributed by atoms with Gasteiger partial charge in [-0.05, 0) is 164 Å². The van der Waals surface area contributed by atoms with Crippen molar-refractivity contribution < 1.29 is 81.0 Å². The van der Waals surface area contributed by atoms with Gasteiger partial charge in [0.1, 0.15) is 36.9 Å². The lowest BCUT2D eigenvalue weighted by Crippen LogP contribution is -2.32. The van der Waals surface area contributed by atoms with Crippen LogP contribution in [0.15, 0.2) is 105 Å². The molecule has 0 aromatic heterocycles. The van der Waals surface area contributed by atoms with Gasteiger partial charge in [0.15, 0.2) is 5.71 Å². The first-order chi connectivity index (χ1) is 40.2. The van der Waals surface area contributed by atoms with Crippen LogP contribution < -0.4 is 14.5 Å².